The number of carbonyl (C=O) groups excluding carboxylic acids is 3. The number of fused-ring (bicyclic) bond motifs is 6. The molecule has 4 saturated carbocycles. The fourth-order valence-electron chi connectivity index (χ4n) is 10.3. The van der Waals surface area contributed by atoms with E-state index >= 15 is 0 Å². The highest BCUT2D eigenvalue weighted by molar-refractivity contribution is 7.47. The van der Waals surface area contributed by atoms with Crippen molar-refractivity contribution in [3.63, 3.8) is 0 Å². The molecule has 13 heteroatoms. The highest BCUT2D eigenvalue weighted by Gasteiger charge is 2.74. The molecule has 5 fully saturated rings. The van der Waals surface area contributed by atoms with Crippen molar-refractivity contribution >= 4 is 25.5 Å². The molecular weight excluding hydrogens is 689 g/mol. The Morgan fingerprint density at radius 3 is 2.54 bits per heavy atom. The molecule has 3 N–H and O–H groups in total. The number of rotatable bonds is 15. The van der Waals surface area contributed by atoms with Crippen LogP contribution in [0.3, 0.4) is 0 Å². The Morgan fingerprint density at radius 2 is 1.83 bits per heavy atom. The van der Waals surface area contributed by atoms with E-state index in [1.54, 1.807) is 12.2 Å². The van der Waals surface area contributed by atoms with Crippen molar-refractivity contribution in [1.29, 1.82) is 0 Å². The lowest BCUT2D eigenvalue weighted by Gasteiger charge is -2.55. The monoisotopic (exact) mass is 745 g/mol. The number of carbonyl (C=O) groups is 3. The van der Waals surface area contributed by atoms with Gasteiger partial charge >= 0.3 is 13.9 Å². The second-order valence-corrected chi connectivity index (χ2v) is 17.2. The van der Waals surface area contributed by atoms with Gasteiger partial charge in [-0.1, -0.05) is 38.8 Å². The summed E-state index contributed by atoms with van der Waals surface area (Å²) in [5, 5.41) is 14.2. The Bertz CT molecular complexity index is 1500. The fraction of sp³-hybridized carbons (Fsp3) is 0.769. The minimum Gasteiger partial charge on any atom is -0.449 e. The Labute approximate surface area is 307 Å². The van der Waals surface area contributed by atoms with Crippen molar-refractivity contribution < 1.29 is 52.2 Å². The molecule has 11 atom stereocenters. The van der Waals surface area contributed by atoms with Gasteiger partial charge in [-0.05, 0) is 105 Å². The van der Waals surface area contributed by atoms with Crippen molar-refractivity contribution in [2.75, 3.05) is 26.4 Å². The smallest absolute Gasteiger partial charge is 0.449 e. The fourth-order valence-corrected chi connectivity index (χ4v) is 11.0. The second kappa shape index (κ2) is 16.6. The van der Waals surface area contributed by atoms with Gasteiger partial charge in [-0.25, -0.2) is 9.36 Å². The van der Waals surface area contributed by atoms with E-state index in [-0.39, 0.29) is 43.1 Å². The maximum Gasteiger partial charge on any atom is 0.472 e. The number of nitrogens with one attached hydrogen (secondary N) is 1. The Kier molecular flexibility index (Phi) is 12.5. The summed E-state index contributed by atoms with van der Waals surface area (Å²) in [5.41, 5.74) is -1.27. The van der Waals surface area contributed by atoms with Crippen molar-refractivity contribution in [3.05, 3.63) is 23.8 Å². The molecule has 1 amide bonds. The first-order chi connectivity index (χ1) is 24.9. The van der Waals surface area contributed by atoms with Gasteiger partial charge in [0, 0.05) is 24.8 Å². The normalized spacial score (nSPS) is 39.5. The van der Waals surface area contributed by atoms with Gasteiger partial charge in [0.2, 0.25) is 0 Å². The summed E-state index contributed by atoms with van der Waals surface area (Å²) in [6.45, 7) is 5.11. The molecular formula is C39H56NO11P. The number of phosphoric ester groups is 1. The quantitative estimate of drug-likeness (QED) is 0.0802. The summed E-state index contributed by atoms with van der Waals surface area (Å²) >= 11 is 0. The predicted octanol–water partition coefficient (Wildman–Crippen LogP) is 5.80. The first kappa shape index (κ1) is 39.3. The number of ketones is 2. The SMILES string of the molecule is CC/C=C\C(=O)/C=C1/CC[C@@H]2[C@@H](C1)[C@@H](O)C[C@@]1(C)[C@H]2C[C@H]2OC(CCC)O[C@]21C(=O)COP(=O)(O)OCCNC(=O)OCC1C2CCC#CCCC21. The number of alkyl carbamates (subject to hydrolysis) is 1. The van der Waals surface area contributed by atoms with Crippen LogP contribution in [0.1, 0.15) is 97.8 Å². The van der Waals surface area contributed by atoms with Crippen LogP contribution in [0.25, 0.3) is 0 Å². The van der Waals surface area contributed by atoms with Crippen LogP contribution in [0.2, 0.25) is 0 Å². The summed E-state index contributed by atoms with van der Waals surface area (Å²) in [4.78, 5) is 49.4. The molecule has 1 heterocycles. The van der Waals surface area contributed by atoms with E-state index in [1.807, 2.05) is 26.8 Å². The number of hydrogen-bond acceptors (Lipinski definition) is 10. The molecule has 0 radical (unpaired) electrons. The molecule has 12 nitrogen and oxygen atoms in total. The van der Waals surface area contributed by atoms with Gasteiger partial charge in [0.1, 0.15) is 6.61 Å². The molecule has 0 spiro atoms. The number of aliphatic hydroxyl groups is 1. The van der Waals surface area contributed by atoms with Crippen molar-refractivity contribution in [3.8, 4) is 11.8 Å². The third-order valence-electron chi connectivity index (χ3n) is 12.7. The third kappa shape index (κ3) is 8.17. The van der Waals surface area contributed by atoms with Gasteiger partial charge in [0.15, 0.2) is 23.5 Å². The van der Waals surface area contributed by atoms with E-state index in [0.29, 0.717) is 43.6 Å². The van der Waals surface area contributed by atoms with Crippen LogP contribution in [-0.4, -0.2) is 78.1 Å². The molecule has 0 aromatic carbocycles. The van der Waals surface area contributed by atoms with Crippen molar-refractivity contribution in [2.24, 2.45) is 40.9 Å². The van der Waals surface area contributed by atoms with E-state index in [4.69, 9.17) is 23.3 Å². The second-order valence-electron chi connectivity index (χ2n) is 15.8. The van der Waals surface area contributed by atoms with E-state index in [2.05, 4.69) is 17.2 Å². The average molecular weight is 746 g/mol. The first-order valence-electron chi connectivity index (χ1n) is 19.3. The van der Waals surface area contributed by atoms with E-state index in [1.165, 1.54) is 0 Å². The summed E-state index contributed by atoms with van der Waals surface area (Å²) in [6.07, 6.45) is 11.4. The number of aliphatic hydroxyl groups excluding tert-OH is 1. The lowest BCUT2D eigenvalue weighted by molar-refractivity contribution is -0.194. The topological polar surface area (TPSA) is 167 Å². The standard InChI is InChI=1S/C39H56NO11P/c1-4-6-12-26(41)19-25-15-16-29-30(20-25)33(42)22-38(3)32(29)21-35-39(38,51-36(50-35)11-5-2)34(43)24-49-52(45,46)48-18-17-40-37(44)47-23-31-27-13-9-7-8-10-14-28(27)31/h6,12,19,27-33,35-36,42H,4-5,9-11,13-18,20-24H2,1-3H3,(H,40,44)(H,45,46)/b12-6-,25-19-/t27?,28?,29-,30-,31?,32+,33+,35-,36?,38+,39-/m1/s1. The Morgan fingerprint density at radius 1 is 1.08 bits per heavy atom. The number of hydrogen-bond donors (Lipinski definition) is 3. The van der Waals surface area contributed by atoms with Crippen LogP contribution in [0.15, 0.2) is 23.8 Å². The number of amides is 1. The van der Waals surface area contributed by atoms with E-state index in [0.717, 1.165) is 56.9 Å². The Hall–Kier alpha value is -2.36. The highest BCUT2D eigenvalue weighted by Crippen LogP contribution is 2.67. The molecule has 6 rings (SSSR count). The maximum atomic E-state index is 14.3. The lowest BCUT2D eigenvalue weighted by Crippen LogP contribution is -2.62. The molecule has 288 valence electrons. The molecule has 1 aliphatic heterocycles. The van der Waals surface area contributed by atoms with Crippen LogP contribution < -0.4 is 5.32 Å². The summed E-state index contributed by atoms with van der Waals surface area (Å²) < 4.78 is 41.5. The van der Waals surface area contributed by atoms with Gasteiger partial charge < -0.3 is 29.5 Å². The van der Waals surface area contributed by atoms with Gasteiger partial charge in [0.25, 0.3) is 0 Å². The molecule has 0 aromatic rings. The zero-order valence-corrected chi connectivity index (χ0v) is 31.7. The minimum atomic E-state index is -4.69. The average Bonchev–Trinajstić information content (AvgIpc) is 3.47. The molecule has 4 unspecified atom stereocenters. The highest BCUT2D eigenvalue weighted by atomic mass is 31.2. The number of phosphoric acid groups is 1. The summed E-state index contributed by atoms with van der Waals surface area (Å²) in [5.74, 6) is 7.23. The number of ether oxygens (including phenoxy) is 3. The van der Waals surface area contributed by atoms with Crippen LogP contribution in [-0.2, 0) is 37.4 Å². The third-order valence-corrected chi connectivity index (χ3v) is 13.7. The molecule has 5 aliphatic carbocycles. The lowest BCUT2D eigenvalue weighted by atomic mass is 9.52. The molecule has 0 aromatic heterocycles. The van der Waals surface area contributed by atoms with Gasteiger partial charge in [-0.3, -0.25) is 18.6 Å². The predicted molar refractivity (Wildman–Crippen MR) is 190 cm³/mol. The van der Waals surface area contributed by atoms with Crippen molar-refractivity contribution in [1.82, 2.24) is 5.32 Å². The van der Waals surface area contributed by atoms with Crippen LogP contribution in [0.4, 0.5) is 4.79 Å². The van der Waals surface area contributed by atoms with Crippen molar-refractivity contribution in [2.45, 2.75) is 122 Å². The largest absolute Gasteiger partial charge is 0.472 e. The molecule has 0 bridgehead atoms. The van der Waals surface area contributed by atoms with Gasteiger partial charge in [-0.15, -0.1) is 11.8 Å². The molecule has 52 heavy (non-hydrogen) atoms. The maximum absolute atomic E-state index is 14.3. The molecule has 1 saturated heterocycles. The zero-order valence-electron chi connectivity index (χ0n) is 30.8. The summed E-state index contributed by atoms with van der Waals surface area (Å²) in [7, 11) is -4.69. The van der Waals surface area contributed by atoms with Gasteiger partial charge in [0.05, 0.1) is 25.4 Å². The Balaban J connectivity index is 1.03. The van der Waals surface area contributed by atoms with Crippen LogP contribution in [0, 0.1) is 52.8 Å². The van der Waals surface area contributed by atoms with Crippen LogP contribution in [0.5, 0.6) is 0 Å². The van der Waals surface area contributed by atoms with Crippen LogP contribution >= 0.6 is 7.82 Å². The first-order valence-corrected chi connectivity index (χ1v) is 20.8. The number of Topliss-reactive ketones (excluding diaryl/α,β-unsaturated/α-hetero) is 1. The minimum absolute atomic E-state index is 0.00957. The molecule has 6 aliphatic rings. The van der Waals surface area contributed by atoms with E-state index in [9.17, 15) is 28.9 Å². The van der Waals surface area contributed by atoms with Gasteiger partial charge in [-0.2, -0.15) is 0 Å². The summed E-state index contributed by atoms with van der Waals surface area (Å²) in [6, 6.07) is 0. The van der Waals surface area contributed by atoms with E-state index < -0.39 is 55.8 Å². The number of allylic oxidation sites excluding steroid dienone is 4. The zero-order chi connectivity index (χ0) is 37.1.